The van der Waals surface area contributed by atoms with Crippen LogP contribution >= 0.6 is 24.0 Å². The largest absolute Gasteiger partial charge is 0.356 e. The lowest BCUT2D eigenvalue weighted by molar-refractivity contribution is 0.508. The number of nitrogens with one attached hydrogen (secondary N) is 2. The minimum atomic E-state index is 0. The number of pyridine rings is 1. The highest BCUT2D eigenvalue weighted by molar-refractivity contribution is 14.0. The van der Waals surface area contributed by atoms with Crippen LogP contribution in [0.25, 0.3) is 0 Å². The van der Waals surface area contributed by atoms with Gasteiger partial charge in [0.05, 0.1) is 12.2 Å². The van der Waals surface area contributed by atoms with Gasteiger partial charge in [0.25, 0.3) is 0 Å². The molecule has 0 aliphatic carbocycles. The van der Waals surface area contributed by atoms with Gasteiger partial charge in [-0.15, -0.1) is 24.0 Å². The van der Waals surface area contributed by atoms with E-state index in [1.807, 2.05) is 25.1 Å². The van der Waals surface area contributed by atoms with Crippen LogP contribution in [0.1, 0.15) is 43.3 Å². The lowest BCUT2D eigenvalue weighted by atomic mass is 9.84. The third kappa shape index (κ3) is 6.59. The Morgan fingerprint density at radius 3 is 2.35 bits per heavy atom. The van der Waals surface area contributed by atoms with Gasteiger partial charge in [-0.05, 0) is 36.6 Å². The number of guanidine groups is 1. The Balaban J connectivity index is 0.00000338. The fourth-order valence-electron chi connectivity index (χ4n) is 2.69. The molecule has 0 saturated carbocycles. The first-order valence-corrected chi connectivity index (χ1v) is 8.91. The average Bonchev–Trinajstić information content (AvgIpc) is 2.62. The lowest BCUT2D eigenvalue weighted by Gasteiger charge is -2.27. The number of hydrogen-bond donors (Lipinski definition) is 2. The summed E-state index contributed by atoms with van der Waals surface area (Å²) < 4.78 is 0. The molecule has 2 aromatic rings. The Labute approximate surface area is 174 Å². The van der Waals surface area contributed by atoms with Gasteiger partial charge in [0.15, 0.2) is 5.96 Å². The van der Waals surface area contributed by atoms with Gasteiger partial charge in [-0.1, -0.05) is 51.1 Å². The molecule has 0 amide bonds. The molecule has 0 aliphatic heterocycles. The summed E-state index contributed by atoms with van der Waals surface area (Å²) in [5.74, 6) is 0.793. The van der Waals surface area contributed by atoms with Crippen molar-refractivity contribution in [3.63, 3.8) is 0 Å². The number of rotatable bonds is 6. The van der Waals surface area contributed by atoms with Crippen molar-refractivity contribution in [1.82, 2.24) is 15.6 Å². The third-order valence-corrected chi connectivity index (χ3v) is 4.45. The first kappa shape index (κ1) is 22.4. The molecular weight excluding hydrogens is 435 g/mol. The zero-order valence-corrected chi connectivity index (χ0v) is 18.8. The van der Waals surface area contributed by atoms with Gasteiger partial charge in [0.1, 0.15) is 0 Å². The average molecular weight is 466 g/mol. The molecule has 0 bridgehead atoms. The Bertz CT molecular complexity index is 708. The van der Waals surface area contributed by atoms with Crippen LogP contribution in [0.15, 0.2) is 47.5 Å². The summed E-state index contributed by atoms with van der Waals surface area (Å²) in [7, 11) is 1.79. The van der Waals surface area contributed by atoms with E-state index in [4.69, 9.17) is 0 Å². The normalized spacial score (nSPS) is 11.7. The maximum absolute atomic E-state index is 4.51. The molecule has 1 aromatic carbocycles. The van der Waals surface area contributed by atoms with Crippen molar-refractivity contribution in [2.75, 3.05) is 13.6 Å². The van der Waals surface area contributed by atoms with E-state index in [-0.39, 0.29) is 29.4 Å². The molecule has 1 aromatic heterocycles. The molecule has 5 heteroatoms. The predicted molar refractivity (Wildman–Crippen MR) is 121 cm³/mol. The van der Waals surface area contributed by atoms with Crippen molar-refractivity contribution in [2.45, 2.75) is 46.1 Å². The molecule has 142 valence electrons. The molecular formula is C21H31IN4. The summed E-state index contributed by atoms with van der Waals surface area (Å²) in [6.07, 6.45) is 1.07. The van der Waals surface area contributed by atoms with Gasteiger partial charge in [-0.25, -0.2) is 0 Å². The summed E-state index contributed by atoms with van der Waals surface area (Å²) in [5, 5.41) is 6.76. The van der Waals surface area contributed by atoms with E-state index in [9.17, 15) is 0 Å². The summed E-state index contributed by atoms with van der Waals surface area (Å²) in [4.78, 5) is 8.82. The lowest BCUT2D eigenvalue weighted by Crippen LogP contribution is -2.43. The molecule has 0 spiro atoms. The fraction of sp³-hybridized carbons (Fsp3) is 0.429. The zero-order chi connectivity index (χ0) is 18.3. The van der Waals surface area contributed by atoms with Crippen LogP contribution < -0.4 is 10.6 Å². The van der Waals surface area contributed by atoms with Crippen LogP contribution in [-0.4, -0.2) is 24.5 Å². The minimum Gasteiger partial charge on any atom is -0.356 e. The second-order valence-electron chi connectivity index (χ2n) is 6.98. The maximum Gasteiger partial charge on any atom is 0.191 e. The van der Waals surface area contributed by atoms with Crippen LogP contribution in [-0.2, 0) is 18.4 Å². The van der Waals surface area contributed by atoms with Crippen LogP contribution in [0.5, 0.6) is 0 Å². The van der Waals surface area contributed by atoms with Crippen molar-refractivity contribution >= 4 is 29.9 Å². The highest BCUT2D eigenvalue weighted by Crippen LogP contribution is 2.22. The molecule has 0 atom stereocenters. The van der Waals surface area contributed by atoms with E-state index < -0.39 is 0 Å². The predicted octanol–water partition coefficient (Wildman–Crippen LogP) is 4.21. The molecule has 2 rings (SSSR count). The molecule has 0 saturated heterocycles. The molecule has 4 nitrogen and oxygen atoms in total. The molecule has 1 heterocycles. The first-order chi connectivity index (χ1) is 11.9. The first-order valence-electron chi connectivity index (χ1n) is 8.91. The minimum absolute atomic E-state index is 0. The van der Waals surface area contributed by atoms with Gasteiger partial charge < -0.3 is 10.6 Å². The van der Waals surface area contributed by atoms with Gasteiger partial charge >= 0.3 is 0 Å². The SMILES string of the molecule is CCc1ccc(C(C)(C)CNC(=NC)NCc2cccc(C)n2)cc1.I. The number of hydrogen-bond acceptors (Lipinski definition) is 2. The van der Waals surface area contributed by atoms with Crippen LogP contribution in [0.4, 0.5) is 0 Å². The van der Waals surface area contributed by atoms with E-state index in [2.05, 4.69) is 65.6 Å². The van der Waals surface area contributed by atoms with Gasteiger partial charge in [-0.3, -0.25) is 9.98 Å². The Kier molecular flexibility index (Phi) is 9.05. The van der Waals surface area contributed by atoms with Crippen molar-refractivity contribution in [3.8, 4) is 0 Å². The standard InChI is InChI=1S/C21H30N4.HI/c1-6-17-10-12-18(13-11-17)21(3,4)15-24-20(22-5)23-14-19-9-7-8-16(2)25-19;/h7-13H,6,14-15H2,1-5H3,(H2,22,23,24);1H. The molecule has 26 heavy (non-hydrogen) atoms. The highest BCUT2D eigenvalue weighted by atomic mass is 127. The summed E-state index contributed by atoms with van der Waals surface area (Å²) in [6, 6.07) is 14.9. The van der Waals surface area contributed by atoms with E-state index in [1.165, 1.54) is 11.1 Å². The molecule has 0 fully saturated rings. The molecule has 0 unspecified atom stereocenters. The van der Waals surface area contributed by atoms with E-state index in [0.717, 1.165) is 30.3 Å². The number of benzene rings is 1. The number of nitrogens with zero attached hydrogens (tertiary/aromatic N) is 2. The molecule has 0 radical (unpaired) electrons. The van der Waals surface area contributed by atoms with E-state index in [1.54, 1.807) is 7.05 Å². The zero-order valence-electron chi connectivity index (χ0n) is 16.5. The number of aryl methyl sites for hydroxylation is 2. The number of halogens is 1. The van der Waals surface area contributed by atoms with Gasteiger partial charge in [0.2, 0.25) is 0 Å². The van der Waals surface area contributed by atoms with Crippen LogP contribution in [0, 0.1) is 6.92 Å². The van der Waals surface area contributed by atoms with Crippen molar-refractivity contribution < 1.29 is 0 Å². The summed E-state index contributed by atoms with van der Waals surface area (Å²) >= 11 is 0. The number of aromatic nitrogens is 1. The topological polar surface area (TPSA) is 49.3 Å². The fourth-order valence-corrected chi connectivity index (χ4v) is 2.69. The Hall–Kier alpha value is -1.63. The van der Waals surface area contributed by atoms with Crippen molar-refractivity contribution in [3.05, 3.63) is 65.0 Å². The van der Waals surface area contributed by atoms with Gasteiger partial charge in [-0.2, -0.15) is 0 Å². The summed E-state index contributed by atoms with van der Waals surface area (Å²) in [6.45, 7) is 10.1. The van der Waals surface area contributed by atoms with Crippen molar-refractivity contribution in [1.29, 1.82) is 0 Å². The van der Waals surface area contributed by atoms with E-state index >= 15 is 0 Å². The Morgan fingerprint density at radius 1 is 1.08 bits per heavy atom. The van der Waals surface area contributed by atoms with E-state index in [0.29, 0.717) is 6.54 Å². The third-order valence-electron chi connectivity index (χ3n) is 4.45. The van der Waals surface area contributed by atoms with Crippen LogP contribution in [0.2, 0.25) is 0 Å². The van der Waals surface area contributed by atoms with Crippen molar-refractivity contribution in [2.24, 2.45) is 4.99 Å². The molecule has 0 aliphatic rings. The van der Waals surface area contributed by atoms with Gasteiger partial charge in [0, 0.05) is 24.7 Å². The van der Waals surface area contributed by atoms with Crippen LogP contribution in [0.3, 0.4) is 0 Å². The highest BCUT2D eigenvalue weighted by Gasteiger charge is 2.20. The maximum atomic E-state index is 4.51. The second-order valence-corrected chi connectivity index (χ2v) is 6.98. The molecule has 2 N–H and O–H groups in total. The monoisotopic (exact) mass is 466 g/mol. The number of aliphatic imine (C=N–C) groups is 1. The smallest absolute Gasteiger partial charge is 0.191 e. The second kappa shape index (κ2) is 10.5. The quantitative estimate of drug-likeness (QED) is 0.381. The Morgan fingerprint density at radius 2 is 1.77 bits per heavy atom. The summed E-state index contributed by atoms with van der Waals surface area (Å²) in [5.41, 5.74) is 4.76.